The van der Waals surface area contributed by atoms with E-state index in [0.717, 1.165) is 0 Å². The molecule has 0 bridgehead atoms. The second-order valence-electron chi connectivity index (χ2n) is 4.99. The first kappa shape index (κ1) is 15.6. The maximum absolute atomic E-state index is 12.9. The van der Waals surface area contributed by atoms with Crippen LogP contribution < -0.4 is 5.32 Å². The minimum Gasteiger partial charge on any atom is -0.480 e. The molecule has 1 aromatic rings. The van der Waals surface area contributed by atoms with E-state index in [1.165, 1.54) is 31.2 Å². The zero-order valence-corrected chi connectivity index (χ0v) is 11.3. The summed E-state index contributed by atoms with van der Waals surface area (Å²) in [4.78, 5) is 10.9. The van der Waals surface area contributed by atoms with E-state index in [2.05, 4.69) is 5.32 Å². The highest BCUT2D eigenvalue weighted by Gasteiger charge is 2.27. The van der Waals surface area contributed by atoms with Crippen molar-refractivity contribution in [2.24, 2.45) is 5.92 Å². The van der Waals surface area contributed by atoms with E-state index in [-0.39, 0.29) is 11.7 Å². The van der Waals surface area contributed by atoms with Gasteiger partial charge in [-0.15, -0.1) is 0 Å². The molecule has 0 aliphatic carbocycles. The van der Waals surface area contributed by atoms with Crippen LogP contribution in [0, 0.1) is 11.7 Å². The molecule has 106 valence electrons. The highest BCUT2D eigenvalue weighted by molar-refractivity contribution is 5.72. The minimum atomic E-state index is -0.975. The number of aliphatic hydroxyl groups is 1. The first-order valence-electron chi connectivity index (χ1n) is 6.25. The van der Waals surface area contributed by atoms with Crippen molar-refractivity contribution in [3.63, 3.8) is 0 Å². The smallest absolute Gasteiger partial charge is 0.320 e. The Balaban J connectivity index is 2.86. The molecule has 0 radical (unpaired) electrons. The van der Waals surface area contributed by atoms with Crippen LogP contribution in [0.2, 0.25) is 0 Å². The summed E-state index contributed by atoms with van der Waals surface area (Å²) in [5.74, 6) is -1.32. The Kier molecular flexibility index (Phi) is 5.44. The Hall–Kier alpha value is -1.46. The molecule has 3 atom stereocenters. The summed E-state index contributed by atoms with van der Waals surface area (Å²) in [5.41, 5.74) is 0.560. The highest BCUT2D eigenvalue weighted by atomic mass is 19.1. The fourth-order valence-corrected chi connectivity index (χ4v) is 1.88. The lowest BCUT2D eigenvalue weighted by Gasteiger charge is -2.29. The minimum absolute atomic E-state index is 0.0295. The van der Waals surface area contributed by atoms with Crippen molar-refractivity contribution in [3.8, 4) is 0 Å². The molecule has 1 aromatic carbocycles. The van der Waals surface area contributed by atoms with Gasteiger partial charge in [0.15, 0.2) is 0 Å². The second-order valence-corrected chi connectivity index (χ2v) is 4.99. The van der Waals surface area contributed by atoms with Gasteiger partial charge in [-0.05, 0) is 30.5 Å². The predicted octanol–water partition coefficient (Wildman–Crippen LogP) is 1.95. The molecule has 0 amide bonds. The zero-order chi connectivity index (χ0) is 14.6. The number of benzene rings is 1. The summed E-state index contributed by atoms with van der Waals surface area (Å²) < 4.78 is 12.9. The van der Waals surface area contributed by atoms with E-state index in [1.807, 2.05) is 13.8 Å². The van der Waals surface area contributed by atoms with Crippen molar-refractivity contribution in [2.45, 2.75) is 39.0 Å². The third-order valence-electron chi connectivity index (χ3n) is 3.08. The number of carbonyl (C=O) groups is 1. The summed E-state index contributed by atoms with van der Waals surface area (Å²) in [6.07, 6.45) is -0.887. The molecule has 0 spiro atoms. The molecule has 0 fully saturated rings. The lowest BCUT2D eigenvalue weighted by atomic mass is 9.92. The lowest BCUT2D eigenvalue weighted by Crippen LogP contribution is -2.47. The van der Waals surface area contributed by atoms with Gasteiger partial charge in [0.2, 0.25) is 0 Å². The highest BCUT2D eigenvalue weighted by Crippen LogP contribution is 2.22. The van der Waals surface area contributed by atoms with Crippen LogP contribution in [0.3, 0.4) is 0 Å². The monoisotopic (exact) mass is 269 g/mol. The number of hydrogen-bond acceptors (Lipinski definition) is 3. The summed E-state index contributed by atoms with van der Waals surface area (Å²) in [6, 6.07) is 4.37. The number of carboxylic acids is 1. The number of carboxylic acid groups (broad SMARTS) is 1. The van der Waals surface area contributed by atoms with Crippen LogP contribution in [0.1, 0.15) is 32.4 Å². The molecule has 1 rings (SSSR count). The molecule has 5 heteroatoms. The van der Waals surface area contributed by atoms with Gasteiger partial charge in [0.1, 0.15) is 11.9 Å². The number of halogens is 1. The van der Waals surface area contributed by atoms with Crippen LogP contribution in [0.4, 0.5) is 4.39 Å². The normalized spacial score (nSPS) is 16.1. The SMILES string of the molecule is CC(NC(C(C)C)C(O)c1ccc(F)cc1)C(=O)O. The third kappa shape index (κ3) is 4.29. The van der Waals surface area contributed by atoms with Crippen molar-refractivity contribution in [1.82, 2.24) is 5.32 Å². The molecule has 0 aromatic heterocycles. The maximum Gasteiger partial charge on any atom is 0.320 e. The molecule has 3 N–H and O–H groups in total. The fraction of sp³-hybridized carbons (Fsp3) is 0.500. The van der Waals surface area contributed by atoms with Gasteiger partial charge in [-0.1, -0.05) is 26.0 Å². The summed E-state index contributed by atoms with van der Waals surface area (Å²) in [6.45, 7) is 5.30. The first-order chi connectivity index (χ1) is 8.82. The fourth-order valence-electron chi connectivity index (χ4n) is 1.88. The second kappa shape index (κ2) is 6.63. The summed E-state index contributed by atoms with van der Waals surface area (Å²) >= 11 is 0. The number of hydrogen-bond donors (Lipinski definition) is 3. The van der Waals surface area contributed by atoms with Crippen molar-refractivity contribution >= 4 is 5.97 Å². The molecule has 4 nitrogen and oxygen atoms in total. The standard InChI is InChI=1S/C14H20FNO3/c1-8(2)12(16-9(3)14(18)19)13(17)10-4-6-11(15)7-5-10/h4-9,12-13,16-17H,1-3H3,(H,18,19). The summed E-state index contributed by atoms with van der Waals surface area (Å²) in [5, 5.41) is 22.1. The molecule has 3 unspecified atom stereocenters. The average molecular weight is 269 g/mol. The van der Waals surface area contributed by atoms with Crippen LogP contribution in [0.5, 0.6) is 0 Å². The van der Waals surface area contributed by atoms with Crippen LogP contribution in [-0.2, 0) is 4.79 Å². The Morgan fingerprint density at radius 1 is 1.21 bits per heavy atom. The molecule has 0 aliphatic rings. The third-order valence-corrected chi connectivity index (χ3v) is 3.08. The number of rotatable bonds is 6. The summed E-state index contributed by atoms with van der Waals surface area (Å²) in [7, 11) is 0. The number of nitrogens with one attached hydrogen (secondary N) is 1. The molecule has 0 aliphatic heterocycles. The molecular weight excluding hydrogens is 249 g/mol. The van der Waals surface area contributed by atoms with Crippen molar-refractivity contribution in [1.29, 1.82) is 0 Å². The van der Waals surface area contributed by atoms with Crippen molar-refractivity contribution in [3.05, 3.63) is 35.6 Å². The molecular formula is C14H20FNO3. The van der Waals surface area contributed by atoms with Gasteiger partial charge in [-0.3, -0.25) is 10.1 Å². The van der Waals surface area contributed by atoms with E-state index in [0.29, 0.717) is 5.56 Å². The van der Waals surface area contributed by atoms with Gasteiger partial charge >= 0.3 is 5.97 Å². The van der Waals surface area contributed by atoms with E-state index >= 15 is 0 Å². The largest absolute Gasteiger partial charge is 0.480 e. The Morgan fingerprint density at radius 3 is 2.16 bits per heavy atom. The number of aliphatic carboxylic acids is 1. The van der Waals surface area contributed by atoms with Gasteiger partial charge < -0.3 is 10.2 Å². The van der Waals surface area contributed by atoms with E-state index in [9.17, 15) is 14.3 Å². The quantitative estimate of drug-likeness (QED) is 0.738. The van der Waals surface area contributed by atoms with Crippen LogP contribution in [-0.4, -0.2) is 28.3 Å². The van der Waals surface area contributed by atoms with E-state index < -0.39 is 24.2 Å². The first-order valence-corrected chi connectivity index (χ1v) is 6.25. The maximum atomic E-state index is 12.9. The van der Waals surface area contributed by atoms with Crippen LogP contribution in [0.25, 0.3) is 0 Å². The topological polar surface area (TPSA) is 69.6 Å². The Morgan fingerprint density at radius 2 is 1.74 bits per heavy atom. The van der Waals surface area contributed by atoms with Crippen LogP contribution >= 0.6 is 0 Å². The van der Waals surface area contributed by atoms with Gasteiger partial charge in [-0.2, -0.15) is 0 Å². The molecule has 19 heavy (non-hydrogen) atoms. The Labute approximate surface area is 112 Å². The molecule has 0 saturated carbocycles. The van der Waals surface area contributed by atoms with Gasteiger partial charge in [-0.25, -0.2) is 4.39 Å². The molecule has 0 saturated heterocycles. The molecule has 0 heterocycles. The van der Waals surface area contributed by atoms with Gasteiger partial charge in [0, 0.05) is 6.04 Å². The average Bonchev–Trinajstić information content (AvgIpc) is 2.35. The van der Waals surface area contributed by atoms with Crippen LogP contribution in [0.15, 0.2) is 24.3 Å². The lowest BCUT2D eigenvalue weighted by molar-refractivity contribution is -0.139. The Bertz CT molecular complexity index is 419. The van der Waals surface area contributed by atoms with E-state index in [4.69, 9.17) is 5.11 Å². The predicted molar refractivity (Wildman–Crippen MR) is 70.2 cm³/mol. The van der Waals surface area contributed by atoms with Crippen molar-refractivity contribution < 1.29 is 19.4 Å². The van der Waals surface area contributed by atoms with Gasteiger partial charge in [0.25, 0.3) is 0 Å². The van der Waals surface area contributed by atoms with Gasteiger partial charge in [0.05, 0.1) is 6.10 Å². The van der Waals surface area contributed by atoms with E-state index in [1.54, 1.807) is 0 Å². The zero-order valence-electron chi connectivity index (χ0n) is 11.3. The number of aliphatic hydroxyl groups excluding tert-OH is 1. The van der Waals surface area contributed by atoms with Crippen molar-refractivity contribution in [2.75, 3.05) is 0 Å².